The van der Waals surface area contributed by atoms with Gasteiger partial charge in [0, 0.05) is 38.5 Å². The SMILES string of the molecule is CS(=O)(=O)[C@@H]1CCN(C(=O)N[C@H]2CCN(CC(F)(F)F)C2)C1. The molecule has 2 atom stereocenters. The summed E-state index contributed by atoms with van der Waals surface area (Å²) in [6.45, 7) is -0.0313. The summed E-state index contributed by atoms with van der Waals surface area (Å²) >= 11 is 0. The van der Waals surface area contributed by atoms with Crippen LogP contribution in [0.1, 0.15) is 12.8 Å². The first-order valence-corrected chi connectivity index (χ1v) is 9.03. The van der Waals surface area contributed by atoms with E-state index in [1.54, 1.807) is 0 Å². The van der Waals surface area contributed by atoms with Crippen LogP contribution >= 0.6 is 0 Å². The molecule has 0 aromatic carbocycles. The van der Waals surface area contributed by atoms with Gasteiger partial charge in [0.1, 0.15) is 0 Å². The lowest BCUT2D eigenvalue weighted by molar-refractivity contribution is -0.143. The fourth-order valence-corrected chi connectivity index (χ4v) is 3.86. The Kier molecular flexibility index (Phi) is 4.90. The van der Waals surface area contributed by atoms with Gasteiger partial charge in [-0.3, -0.25) is 4.90 Å². The smallest absolute Gasteiger partial charge is 0.334 e. The Labute approximate surface area is 127 Å². The van der Waals surface area contributed by atoms with E-state index < -0.39 is 33.8 Å². The minimum absolute atomic E-state index is 0.143. The Bertz CT molecular complexity index is 523. The molecule has 1 N–H and O–H groups in total. The number of likely N-dealkylation sites (tertiary alicyclic amines) is 2. The molecule has 0 aromatic rings. The molecule has 0 spiro atoms. The minimum Gasteiger partial charge on any atom is -0.334 e. The van der Waals surface area contributed by atoms with E-state index in [2.05, 4.69) is 5.32 Å². The van der Waals surface area contributed by atoms with Gasteiger partial charge in [0.15, 0.2) is 9.84 Å². The van der Waals surface area contributed by atoms with E-state index in [1.807, 2.05) is 0 Å². The maximum Gasteiger partial charge on any atom is 0.401 e. The molecule has 2 aliphatic rings. The summed E-state index contributed by atoms with van der Waals surface area (Å²) in [6, 6.07) is -0.725. The lowest BCUT2D eigenvalue weighted by Crippen LogP contribution is -2.46. The standard InChI is InChI=1S/C12H20F3N3O3S/c1-22(20,21)10-3-5-18(7-10)11(19)16-9-2-4-17(6-9)8-12(13,14)15/h9-10H,2-8H2,1H3,(H,16,19)/t9-,10+/m0/s1. The van der Waals surface area contributed by atoms with Crippen molar-refractivity contribution in [3.05, 3.63) is 0 Å². The summed E-state index contributed by atoms with van der Waals surface area (Å²) in [6.07, 6.45) is -2.23. The van der Waals surface area contributed by atoms with Crippen LogP contribution in [0.4, 0.5) is 18.0 Å². The Hall–Kier alpha value is -1.03. The van der Waals surface area contributed by atoms with Gasteiger partial charge < -0.3 is 10.2 Å². The largest absolute Gasteiger partial charge is 0.401 e. The average Bonchev–Trinajstić information content (AvgIpc) is 2.95. The van der Waals surface area contributed by atoms with Crippen molar-refractivity contribution < 1.29 is 26.4 Å². The van der Waals surface area contributed by atoms with E-state index in [1.165, 1.54) is 9.80 Å². The van der Waals surface area contributed by atoms with Gasteiger partial charge in [0.2, 0.25) is 0 Å². The topological polar surface area (TPSA) is 69.7 Å². The molecule has 0 bridgehead atoms. The molecule has 0 radical (unpaired) electrons. The van der Waals surface area contributed by atoms with Crippen molar-refractivity contribution in [2.24, 2.45) is 0 Å². The van der Waals surface area contributed by atoms with E-state index in [9.17, 15) is 26.4 Å². The molecule has 0 aromatic heterocycles. The highest BCUT2D eigenvalue weighted by molar-refractivity contribution is 7.91. The van der Waals surface area contributed by atoms with E-state index in [0.717, 1.165) is 6.26 Å². The Morgan fingerprint density at radius 1 is 1.23 bits per heavy atom. The Morgan fingerprint density at radius 3 is 2.45 bits per heavy atom. The Balaban J connectivity index is 1.79. The first-order valence-electron chi connectivity index (χ1n) is 7.08. The average molecular weight is 343 g/mol. The van der Waals surface area contributed by atoms with Gasteiger partial charge in [-0.25, -0.2) is 13.2 Å². The van der Waals surface area contributed by atoms with Crippen LogP contribution < -0.4 is 5.32 Å². The van der Waals surface area contributed by atoms with Crippen molar-refractivity contribution in [1.29, 1.82) is 0 Å². The third-order valence-electron chi connectivity index (χ3n) is 4.04. The summed E-state index contributed by atoms with van der Waals surface area (Å²) in [5.41, 5.74) is 0. The quantitative estimate of drug-likeness (QED) is 0.808. The van der Waals surface area contributed by atoms with E-state index in [4.69, 9.17) is 0 Å². The monoisotopic (exact) mass is 343 g/mol. The molecule has 22 heavy (non-hydrogen) atoms. The van der Waals surface area contributed by atoms with Crippen LogP contribution in [0.15, 0.2) is 0 Å². The number of amides is 2. The van der Waals surface area contributed by atoms with Gasteiger partial charge in [0.25, 0.3) is 0 Å². The predicted octanol–water partition coefficient (Wildman–Crippen LogP) is 0.452. The molecular weight excluding hydrogens is 323 g/mol. The van der Waals surface area contributed by atoms with Crippen LogP contribution in [0.25, 0.3) is 0 Å². The molecule has 128 valence electrons. The molecule has 0 unspecified atom stereocenters. The second-order valence-electron chi connectivity index (χ2n) is 5.97. The van der Waals surface area contributed by atoms with Crippen LogP contribution in [-0.4, -0.2) is 80.7 Å². The molecule has 10 heteroatoms. The number of urea groups is 1. The van der Waals surface area contributed by atoms with Crippen LogP contribution in [0.3, 0.4) is 0 Å². The first-order chi connectivity index (χ1) is 10.0. The number of alkyl halides is 3. The van der Waals surface area contributed by atoms with E-state index in [-0.39, 0.29) is 25.7 Å². The molecule has 2 fully saturated rings. The summed E-state index contributed by atoms with van der Waals surface area (Å²) < 4.78 is 59.8. The van der Waals surface area contributed by atoms with E-state index in [0.29, 0.717) is 19.4 Å². The number of sulfone groups is 1. The highest BCUT2D eigenvalue weighted by atomic mass is 32.2. The van der Waals surface area contributed by atoms with Crippen LogP contribution in [0.5, 0.6) is 0 Å². The molecule has 6 nitrogen and oxygen atoms in total. The highest BCUT2D eigenvalue weighted by Gasteiger charge is 2.36. The third kappa shape index (κ3) is 4.73. The molecular formula is C12H20F3N3O3S. The van der Waals surface area contributed by atoms with Gasteiger partial charge in [-0.05, 0) is 12.8 Å². The number of rotatable bonds is 3. The fourth-order valence-electron chi connectivity index (χ4n) is 2.88. The maximum absolute atomic E-state index is 12.3. The number of carbonyl (C=O) groups is 1. The minimum atomic E-state index is -4.24. The van der Waals surface area contributed by atoms with Crippen LogP contribution in [0, 0.1) is 0 Å². The number of halogens is 3. The lowest BCUT2D eigenvalue weighted by Gasteiger charge is -2.21. The second kappa shape index (κ2) is 6.23. The summed E-state index contributed by atoms with van der Waals surface area (Å²) in [7, 11) is -3.18. The van der Waals surface area contributed by atoms with Gasteiger partial charge in [-0.15, -0.1) is 0 Å². The molecule has 0 saturated carbocycles. The number of hydrogen-bond donors (Lipinski definition) is 1. The molecule has 2 aliphatic heterocycles. The summed E-state index contributed by atoms with van der Waals surface area (Å²) in [5.74, 6) is 0. The molecule has 2 heterocycles. The van der Waals surface area contributed by atoms with Gasteiger partial charge in [0.05, 0.1) is 11.8 Å². The normalized spacial score (nSPS) is 27.4. The van der Waals surface area contributed by atoms with E-state index >= 15 is 0 Å². The zero-order chi connectivity index (χ0) is 16.5. The first kappa shape index (κ1) is 17.3. The van der Waals surface area contributed by atoms with Gasteiger partial charge in [-0.1, -0.05) is 0 Å². The van der Waals surface area contributed by atoms with Crippen molar-refractivity contribution in [3.8, 4) is 0 Å². The molecule has 2 amide bonds. The van der Waals surface area contributed by atoms with Crippen molar-refractivity contribution in [2.75, 3.05) is 39.0 Å². The van der Waals surface area contributed by atoms with Crippen LogP contribution in [-0.2, 0) is 9.84 Å². The fraction of sp³-hybridized carbons (Fsp3) is 0.917. The van der Waals surface area contributed by atoms with Gasteiger partial charge in [-0.2, -0.15) is 13.2 Å². The highest BCUT2D eigenvalue weighted by Crippen LogP contribution is 2.21. The van der Waals surface area contributed by atoms with Crippen molar-refractivity contribution in [1.82, 2.24) is 15.1 Å². The summed E-state index contributed by atoms with van der Waals surface area (Å²) in [4.78, 5) is 14.7. The van der Waals surface area contributed by atoms with Gasteiger partial charge >= 0.3 is 12.2 Å². The maximum atomic E-state index is 12.3. The lowest BCUT2D eigenvalue weighted by atomic mass is 10.3. The number of nitrogens with zero attached hydrogens (tertiary/aromatic N) is 2. The van der Waals surface area contributed by atoms with Crippen molar-refractivity contribution in [3.63, 3.8) is 0 Å². The molecule has 2 rings (SSSR count). The number of carbonyl (C=O) groups excluding carboxylic acids is 1. The molecule has 2 saturated heterocycles. The number of hydrogen-bond acceptors (Lipinski definition) is 4. The van der Waals surface area contributed by atoms with Crippen molar-refractivity contribution in [2.45, 2.75) is 30.3 Å². The summed E-state index contributed by atoms with van der Waals surface area (Å²) in [5, 5.41) is 2.14. The zero-order valence-electron chi connectivity index (χ0n) is 12.3. The predicted molar refractivity (Wildman–Crippen MR) is 74.3 cm³/mol. The number of nitrogens with one attached hydrogen (secondary N) is 1. The molecule has 0 aliphatic carbocycles. The second-order valence-corrected chi connectivity index (χ2v) is 8.30. The van der Waals surface area contributed by atoms with Crippen LogP contribution in [0.2, 0.25) is 0 Å². The zero-order valence-corrected chi connectivity index (χ0v) is 13.1. The third-order valence-corrected chi connectivity index (χ3v) is 5.64. The van der Waals surface area contributed by atoms with Crippen molar-refractivity contribution >= 4 is 15.9 Å². The Morgan fingerprint density at radius 2 is 1.91 bits per heavy atom.